The normalized spacial score (nSPS) is 13.2. The number of carboxylic acids is 1. The Bertz CT molecular complexity index is 1360. The van der Waals surface area contributed by atoms with Gasteiger partial charge in [0.05, 0.1) is 12.1 Å². The van der Waals surface area contributed by atoms with Crippen molar-refractivity contribution < 1.29 is 24.2 Å². The number of fused-ring (bicyclic) bond motifs is 4. The second kappa shape index (κ2) is 9.35. The van der Waals surface area contributed by atoms with Crippen molar-refractivity contribution in [1.29, 1.82) is 0 Å². The van der Waals surface area contributed by atoms with Crippen molar-refractivity contribution in [3.63, 3.8) is 0 Å². The molecule has 1 aliphatic heterocycles. The van der Waals surface area contributed by atoms with Crippen molar-refractivity contribution in [2.75, 3.05) is 13.2 Å². The van der Waals surface area contributed by atoms with Gasteiger partial charge in [0.2, 0.25) is 0 Å². The van der Waals surface area contributed by atoms with Gasteiger partial charge in [0.1, 0.15) is 6.61 Å². The second-order valence-electron chi connectivity index (χ2n) is 8.43. The summed E-state index contributed by atoms with van der Waals surface area (Å²) >= 11 is 0. The van der Waals surface area contributed by atoms with E-state index in [-0.39, 0.29) is 30.5 Å². The quantitative estimate of drug-likeness (QED) is 0.571. The first-order valence-electron chi connectivity index (χ1n) is 11.2. The summed E-state index contributed by atoms with van der Waals surface area (Å²) in [4.78, 5) is 37.3. The van der Waals surface area contributed by atoms with Gasteiger partial charge in [-0.15, -0.1) is 0 Å². The van der Waals surface area contributed by atoms with E-state index in [2.05, 4.69) is 41.4 Å². The van der Waals surface area contributed by atoms with Gasteiger partial charge in [0, 0.05) is 19.0 Å². The highest BCUT2D eigenvalue weighted by molar-refractivity contribution is 5.94. The number of benzene rings is 3. The van der Waals surface area contributed by atoms with Crippen LogP contribution in [0.1, 0.15) is 38.5 Å². The van der Waals surface area contributed by atoms with Crippen LogP contribution in [0.2, 0.25) is 0 Å². The smallest absolute Gasteiger partial charge is 0.407 e. The van der Waals surface area contributed by atoms with E-state index in [9.17, 15) is 14.4 Å². The van der Waals surface area contributed by atoms with Crippen LogP contribution in [-0.2, 0) is 22.6 Å². The molecule has 2 amide bonds. The molecule has 0 saturated carbocycles. The number of carbonyl (C=O) groups is 3. The van der Waals surface area contributed by atoms with Crippen LogP contribution in [-0.4, -0.2) is 41.1 Å². The number of hydrogen-bond donors (Lipinski definition) is 2. The first-order valence-corrected chi connectivity index (χ1v) is 11.2. The van der Waals surface area contributed by atoms with E-state index in [4.69, 9.17) is 9.84 Å². The number of alkyl carbamates (subject to hydrolysis) is 1. The monoisotopic (exact) mass is 466 g/mol. The van der Waals surface area contributed by atoms with Crippen molar-refractivity contribution in [2.24, 2.45) is 0 Å². The summed E-state index contributed by atoms with van der Waals surface area (Å²) in [5.41, 5.74) is 6.48. The highest BCUT2D eigenvalue weighted by Crippen LogP contribution is 2.44. The Labute approximate surface area is 202 Å². The van der Waals surface area contributed by atoms with Crippen LogP contribution in [0.15, 0.2) is 66.7 Å². The summed E-state index contributed by atoms with van der Waals surface area (Å²) in [6.07, 6.45) is -0.594. The molecule has 174 valence electrons. The number of carboxylic acid groups (broad SMARTS) is 1. The predicted octanol–water partition coefficient (Wildman–Crippen LogP) is 3.77. The first-order chi connectivity index (χ1) is 17.0. The van der Waals surface area contributed by atoms with E-state index in [0.717, 1.165) is 33.4 Å². The van der Waals surface area contributed by atoms with Crippen molar-refractivity contribution in [2.45, 2.75) is 19.0 Å². The third-order valence-electron chi connectivity index (χ3n) is 6.32. The molecular formula is C28H22N2O5. The molecule has 1 aliphatic carbocycles. The van der Waals surface area contributed by atoms with Gasteiger partial charge in [-0.05, 0) is 51.4 Å². The molecule has 0 aromatic heterocycles. The van der Waals surface area contributed by atoms with Crippen LogP contribution in [0.4, 0.5) is 4.79 Å². The second-order valence-corrected chi connectivity index (χ2v) is 8.43. The Balaban J connectivity index is 1.12. The lowest BCUT2D eigenvalue weighted by atomic mass is 9.98. The third kappa shape index (κ3) is 4.46. The fourth-order valence-corrected chi connectivity index (χ4v) is 4.64. The fourth-order valence-electron chi connectivity index (χ4n) is 4.64. The lowest BCUT2D eigenvalue weighted by molar-refractivity contribution is -0.125. The SMILES string of the molecule is O=C(NCC#CC(=O)N1Cc2ccc(C(=O)O)cc2C1)OCC1c2ccccc2-c2ccccc21. The Kier molecular flexibility index (Phi) is 5.94. The predicted molar refractivity (Wildman–Crippen MR) is 129 cm³/mol. The lowest BCUT2D eigenvalue weighted by Crippen LogP contribution is -2.27. The lowest BCUT2D eigenvalue weighted by Gasteiger charge is -2.14. The maximum absolute atomic E-state index is 12.4. The van der Waals surface area contributed by atoms with Crippen LogP contribution in [0.25, 0.3) is 11.1 Å². The zero-order valence-corrected chi connectivity index (χ0v) is 18.8. The maximum Gasteiger partial charge on any atom is 0.407 e. The zero-order chi connectivity index (χ0) is 24.4. The van der Waals surface area contributed by atoms with E-state index in [1.54, 1.807) is 12.1 Å². The number of carbonyl (C=O) groups excluding carboxylic acids is 2. The number of nitrogens with zero attached hydrogens (tertiary/aromatic N) is 1. The van der Waals surface area contributed by atoms with E-state index in [0.29, 0.717) is 13.1 Å². The average Bonchev–Trinajstić information content (AvgIpc) is 3.44. The van der Waals surface area contributed by atoms with Gasteiger partial charge in [0.25, 0.3) is 5.91 Å². The summed E-state index contributed by atoms with van der Waals surface area (Å²) in [6.45, 7) is 0.870. The number of amides is 2. The summed E-state index contributed by atoms with van der Waals surface area (Å²) in [5, 5.41) is 11.7. The number of nitrogens with one attached hydrogen (secondary N) is 1. The summed E-state index contributed by atoms with van der Waals surface area (Å²) in [6, 6.07) is 21.0. The highest BCUT2D eigenvalue weighted by Gasteiger charge is 2.29. The van der Waals surface area contributed by atoms with E-state index >= 15 is 0 Å². The van der Waals surface area contributed by atoms with Crippen molar-refractivity contribution in [3.05, 3.63) is 94.5 Å². The molecule has 1 heterocycles. The minimum atomic E-state index is -1.00. The molecule has 0 bridgehead atoms. The van der Waals surface area contributed by atoms with Gasteiger partial charge in [-0.1, -0.05) is 60.5 Å². The molecule has 0 fully saturated rings. The molecule has 2 aliphatic rings. The Hall–Kier alpha value is -4.57. The molecule has 7 nitrogen and oxygen atoms in total. The van der Waals surface area contributed by atoms with Gasteiger partial charge < -0.3 is 20.1 Å². The molecule has 0 saturated heterocycles. The zero-order valence-electron chi connectivity index (χ0n) is 18.8. The molecule has 5 rings (SSSR count). The average molecular weight is 466 g/mol. The van der Waals surface area contributed by atoms with Gasteiger partial charge in [-0.25, -0.2) is 9.59 Å². The van der Waals surface area contributed by atoms with Crippen LogP contribution in [0.5, 0.6) is 0 Å². The molecule has 0 radical (unpaired) electrons. The summed E-state index contributed by atoms with van der Waals surface area (Å²) < 4.78 is 5.46. The summed E-state index contributed by atoms with van der Waals surface area (Å²) in [7, 11) is 0. The minimum absolute atomic E-state index is 0.0215. The van der Waals surface area contributed by atoms with E-state index in [1.165, 1.54) is 11.0 Å². The van der Waals surface area contributed by atoms with Gasteiger partial charge in [-0.3, -0.25) is 4.79 Å². The summed E-state index contributed by atoms with van der Waals surface area (Å²) in [5.74, 6) is 3.77. The van der Waals surface area contributed by atoms with Crippen LogP contribution in [0.3, 0.4) is 0 Å². The molecule has 0 atom stereocenters. The molecule has 2 N–H and O–H groups in total. The molecule has 3 aromatic rings. The maximum atomic E-state index is 12.4. The van der Waals surface area contributed by atoms with Gasteiger partial charge >= 0.3 is 12.1 Å². The molecule has 35 heavy (non-hydrogen) atoms. The van der Waals surface area contributed by atoms with Crippen molar-refractivity contribution >= 4 is 18.0 Å². The molecule has 0 spiro atoms. The number of ether oxygens (including phenoxy) is 1. The van der Waals surface area contributed by atoms with Crippen LogP contribution >= 0.6 is 0 Å². The number of rotatable bonds is 4. The van der Waals surface area contributed by atoms with E-state index in [1.807, 2.05) is 24.3 Å². The number of hydrogen-bond acceptors (Lipinski definition) is 4. The minimum Gasteiger partial charge on any atom is -0.478 e. The first kappa shape index (κ1) is 22.2. The fraction of sp³-hybridized carbons (Fsp3) is 0.179. The Morgan fingerprint density at radius 3 is 2.29 bits per heavy atom. The Morgan fingerprint density at radius 1 is 0.943 bits per heavy atom. The van der Waals surface area contributed by atoms with Crippen LogP contribution in [0, 0.1) is 11.8 Å². The van der Waals surface area contributed by atoms with E-state index < -0.39 is 12.1 Å². The Morgan fingerprint density at radius 2 is 1.60 bits per heavy atom. The van der Waals surface area contributed by atoms with Crippen molar-refractivity contribution in [1.82, 2.24) is 10.2 Å². The van der Waals surface area contributed by atoms with Gasteiger partial charge in [-0.2, -0.15) is 0 Å². The molecule has 7 heteroatoms. The van der Waals surface area contributed by atoms with Crippen LogP contribution < -0.4 is 5.32 Å². The van der Waals surface area contributed by atoms with Crippen molar-refractivity contribution in [3.8, 4) is 23.0 Å². The molecule has 0 unspecified atom stereocenters. The molecular weight excluding hydrogens is 444 g/mol. The third-order valence-corrected chi connectivity index (χ3v) is 6.32. The standard InChI is InChI=1S/C28H22N2O5/c31-26(30-15-19-12-11-18(27(32)33)14-20(19)16-30)10-5-13-29-28(34)35-17-25-23-8-3-1-6-21(23)22-7-2-4-9-24(22)25/h1-4,6-9,11-12,14,25H,13,15-17H2,(H,29,34)(H,32,33). The largest absolute Gasteiger partial charge is 0.478 e. The highest BCUT2D eigenvalue weighted by atomic mass is 16.5. The van der Waals surface area contributed by atoms with Gasteiger partial charge in [0.15, 0.2) is 0 Å². The topological polar surface area (TPSA) is 95.9 Å². The number of aromatic carboxylic acids is 1. The molecule has 3 aromatic carbocycles.